The number of rotatable bonds is 5. The van der Waals surface area contributed by atoms with Gasteiger partial charge in [-0.15, -0.1) is 0 Å². The minimum Gasteiger partial charge on any atom is -0.373 e. The molecule has 2 nitrogen and oxygen atoms in total. The molecule has 3 aliphatic carbocycles. The van der Waals surface area contributed by atoms with Crippen molar-refractivity contribution in [1.29, 1.82) is 0 Å². The van der Waals surface area contributed by atoms with Crippen LogP contribution in [0, 0.1) is 17.3 Å². The number of epoxide rings is 2. The van der Waals surface area contributed by atoms with Crippen LogP contribution in [0.4, 0.5) is 0 Å². The molecule has 21 heavy (non-hydrogen) atoms. The molecule has 0 aromatic rings. The van der Waals surface area contributed by atoms with Gasteiger partial charge in [0.1, 0.15) is 0 Å². The highest BCUT2D eigenvalue weighted by atomic mass is 16.6. The zero-order chi connectivity index (χ0) is 13.9. The Morgan fingerprint density at radius 1 is 0.905 bits per heavy atom. The molecule has 5 aliphatic rings. The first-order valence-corrected chi connectivity index (χ1v) is 9.31. The molecule has 0 amide bonds. The summed E-state index contributed by atoms with van der Waals surface area (Å²) in [5, 5.41) is 0. The highest BCUT2D eigenvalue weighted by molar-refractivity contribution is 5.37. The van der Waals surface area contributed by atoms with E-state index in [1.165, 1.54) is 64.2 Å². The summed E-state index contributed by atoms with van der Waals surface area (Å²) < 4.78 is 11.2. The molecule has 2 heteroatoms. The van der Waals surface area contributed by atoms with E-state index in [-0.39, 0.29) is 0 Å². The maximum absolute atomic E-state index is 5.61. The average molecular weight is 288 g/mol. The van der Waals surface area contributed by atoms with Crippen molar-refractivity contribution >= 4 is 0 Å². The van der Waals surface area contributed by atoms with Crippen molar-refractivity contribution in [2.75, 3.05) is 13.2 Å². The van der Waals surface area contributed by atoms with E-state index in [1.807, 2.05) is 11.1 Å². The molecular formula is C19H28O2. The second kappa shape index (κ2) is 4.83. The number of ether oxygens (including phenoxy) is 2. The van der Waals surface area contributed by atoms with Crippen molar-refractivity contribution in [2.45, 2.75) is 76.4 Å². The molecule has 2 saturated heterocycles. The summed E-state index contributed by atoms with van der Waals surface area (Å²) in [4.78, 5) is 0. The summed E-state index contributed by atoms with van der Waals surface area (Å²) in [7, 11) is 0. The molecule has 0 spiro atoms. The van der Waals surface area contributed by atoms with E-state index in [9.17, 15) is 0 Å². The minimum atomic E-state index is 0.565. The normalized spacial score (nSPS) is 45.4. The molecule has 116 valence electrons. The molecule has 4 atom stereocenters. The largest absolute Gasteiger partial charge is 0.373 e. The third-order valence-corrected chi connectivity index (χ3v) is 7.10. The molecule has 0 radical (unpaired) electrons. The molecule has 4 unspecified atom stereocenters. The van der Waals surface area contributed by atoms with Crippen LogP contribution in [0.2, 0.25) is 0 Å². The Balaban J connectivity index is 1.48. The van der Waals surface area contributed by atoms with Gasteiger partial charge in [0.05, 0.1) is 25.4 Å². The van der Waals surface area contributed by atoms with Gasteiger partial charge < -0.3 is 9.47 Å². The van der Waals surface area contributed by atoms with Gasteiger partial charge in [-0.05, 0) is 62.2 Å². The standard InChI is InChI=1S/C19H28O2/c1-2-4-14(5-3-1)19-7-6-13(10-19)17(8-15-11-20-15)18(19)9-16-12-21-16/h13-16H,1-12H2. The third-order valence-electron chi connectivity index (χ3n) is 7.10. The Labute approximate surface area is 128 Å². The summed E-state index contributed by atoms with van der Waals surface area (Å²) in [6.45, 7) is 2.03. The fourth-order valence-corrected chi connectivity index (χ4v) is 5.95. The third kappa shape index (κ3) is 2.21. The Morgan fingerprint density at radius 2 is 1.62 bits per heavy atom. The van der Waals surface area contributed by atoms with E-state index >= 15 is 0 Å². The van der Waals surface area contributed by atoms with E-state index < -0.39 is 0 Å². The zero-order valence-electron chi connectivity index (χ0n) is 13.1. The monoisotopic (exact) mass is 288 g/mol. The molecule has 5 rings (SSSR count). The van der Waals surface area contributed by atoms with Crippen molar-refractivity contribution in [2.24, 2.45) is 17.3 Å². The van der Waals surface area contributed by atoms with Gasteiger partial charge in [0.15, 0.2) is 0 Å². The smallest absolute Gasteiger partial charge is 0.0847 e. The maximum atomic E-state index is 5.61. The summed E-state index contributed by atoms with van der Waals surface area (Å²) in [6.07, 6.45) is 15.5. The SMILES string of the molecule is C1CCC(C23CCC(C2)C(CC2CO2)=C3CC2CO2)CC1. The highest BCUT2D eigenvalue weighted by Gasteiger charge is 2.55. The molecule has 4 fully saturated rings. The molecule has 0 aromatic carbocycles. The van der Waals surface area contributed by atoms with Gasteiger partial charge in [-0.2, -0.15) is 0 Å². The molecule has 2 aliphatic heterocycles. The molecule has 0 aromatic heterocycles. The van der Waals surface area contributed by atoms with Crippen LogP contribution < -0.4 is 0 Å². The molecular weight excluding hydrogens is 260 g/mol. The first-order chi connectivity index (χ1) is 10.4. The molecule has 2 heterocycles. The molecule has 2 saturated carbocycles. The predicted octanol–water partition coefficient (Wildman–Crippen LogP) is 4.24. The van der Waals surface area contributed by atoms with Crippen LogP contribution in [-0.2, 0) is 9.47 Å². The van der Waals surface area contributed by atoms with Crippen molar-refractivity contribution in [1.82, 2.24) is 0 Å². The van der Waals surface area contributed by atoms with Gasteiger partial charge in [-0.1, -0.05) is 30.4 Å². The summed E-state index contributed by atoms with van der Waals surface area (Å²) in [6, 6.07) is 0. The van der Waals surface area contributed by atoms with Crippen molar-refractivity contribution in [3.8, 4) is 0 Å². The predicted molar refractivity (Wildman–Crippen MR) is 82.1 cm³/mol. The summed E-state index contributed by atoms with van der Waals surface area (Å²) >= 11 is 0. The van der Waals surface area contributed by atoms with Crippen LogP contribution in [-0.4, -0.2) is 25.4 Å². The Morgan fingerprint density at radius 3 is 2.33 bits per heavy atom. The van der Waals surface area contributed by atoms with Crippen LogP contribution in [0.5, 0.6) is 0 Å². The van der Waals surface area contributed by atoms with Gasteiger partial charge in [0, 0.05) is 0 Å². The van der Waals surface area contributed by atoms with Crippen molar-refractivity contribution in [3.05, 3.63) is 11.1 Å². The highest BCUT2D eigenvalue weighted by Crippen LogP contribution is 2.65. The van der Waals surface area contributed by atoms with Crippen LogP contribution in [0.1, 0.15) is 64.2 Å². The lowest BCUT2D eigenvalue weighted by atomic mass is 9.63. The van der Waals surface area contributed by atoms with E-state index in [0.717, 1.165) is 25.0 Å². The average Bonchev–Trinajstić information content (AvgIpc) is 3.43. The summed E-state index contributed by atoms with van der Waals surface area (Å²) in [5.41, 5.74) is 4.31. The van der Waals surface area contributed by atoms with Crippen molar-refractivity contribution in [3.63, 3.8) is 0 Å². The Hall–Kier alpha value is -0.340. The molecule has 2 bridgehead atoms. The second-order valence-electron chi connectivity index (χ2n) is 8.25. The van der Waals surface area contributed by atoms with Gasteiger partial charge in [-0.25, -0.2) is 0 Å². The fraction of sp³-hybridized carbons (Fsp3) is 0.895. The van der Waals surface area contributed by atoms with Gasteiger partial charge >= 0.3 is 0 Å². The van der Waals surface area contributed by atoms with Crippen molar-refractivity contribution < 1.29 is 9.47 Å². The lowest BCUT2D eigenvalue weighted by molar-refractivity contribution is 0.160. The minimum absolute atomic E-state index is 0.565. The van der Waals surface area contributed by atoms with Gasteiger partial charge in [-0.3, -0.25) is 0 Å². The van der Waals surface area contributed by atoms with E-state index in [1.54, 1.807) is 0 Å². The van der Waals surface area contributed by atoms with E-state index in [2.05, 4.69) is 0 Å². The number of hydrogen-bond acceptors (Lipinski definition) is 2. The maximum Gasteiger partial charge on any atom is 0.0847 e. The van der Waals surface area contributed by atoms with Gasteiger partial charge in [0.25, 0.3) is 0 Å². The lowest BCUT2D eigenvalue weighted by Crippen LogP contribution is -2.31. The molecule has 0 N–H and O–H groups in total. The second-order valence-corrected chi connectivity index (χ2v) is 8.25. The first kappa shape index (κ1) is 13.1. The Kier molecular flexibility index (Phi) is 3.02. The van der Waals surface area contributed by atoms with Crippen LogP contribution >= 0.6 is 0 Å². The Bertz CT molecular complexity index is 454. The number of hydrogen-bond donors (Lipinski definition) is 0. The number of fused-ring (bicyclic) bond motifs is 2. The zero-order valence-corrected chi connectivity index (χ0v) is 13.1. The lowest BCUT2D eigenvalue weighted by Gasteiger charge is -2.41. The van der Waals surface area contributed by atoms with Crippen LogP contribution in [0.15, 0.2) is 11.1 Å². The quantitative estimate of drug-likeness (QED) is 0.558. The first-order valence-electron chi connectivity index (χ1n) is 9.31. The fourth-order valence-electron chi connectivity index (χ4n) is 5.95. The van der Waals surface area contributed by atoms with Crippen LogP contribution in [0.25, 0.3) is 0 Å². The topological polar surface area (TPSA) is 25.1 Å². The van der Waals surface area contributed by atoms with Gasteiger partial charge in [0.2, 0.25) is 0 Å². The van der Waals surface area contributed by atoms with E-state index in [4.69, 9.17) is 9.47 Å². The van der Waals surface area contributed by atoms with E-state index in [0.29, 0.717) is 17.6 Å². The summed E-state index contributed by atoms with van der Waals surface area (Å²) in [5.74, 6) is 1.90. The van der Waals surface area contributed by atoms with Crippen LogP contribution in [0.3, 0.4) is 0 Å².